The molecule has 0 bridgehead atoms. The van der Waals surface area contributed by atoms with E-state index >= 15 is 0 Å². The number of ether oxygens (including phenoxy) is 2. The van der Waals surface area contributed by atoms with E-state index in [9.17, 15) is 9.90 Å². The first-order chi connectivity index (χ1) is 10.6. The van der Waals surface area contributed by atoms with Gasteiger partial charge in [-0.3, -0.25) is 0 Å². The second-order valence-electron chi connectivity index (χ2n) is 4.05. The van der Waals surface area contributed by atoms with Crippen LogP contribution in [0, 0.1) is 0 Å². The summed E-state index contributed by atoms with van der Waals surface area (Å²) in [5.41, 5.74) is -0.178. The van der Waals surface area contributed by atoms with Crippen molar-refractivity contribution in [3.8, 4) is 17.2 Å². The van der Waals surface area contributed by atoms with Crippen molar-refractivity contribution in [2.45, 2.75) is 0 Å². The first-order valence-corrected chi connectivity index (χ1v) is 6.45. The molecule has 2 N–H and O–H groups in total. The predicted molar refractivity (Wildman–Crippen MR) is 78.4 cm³/mol. The Morgan fingerprint density at radius 2 is 1.65 bits per heavy atom. The number of rotatable bonds is 5. The van der Waals surface area contributed by atoms with E-state index in [-0.39, 0.29) is 31.6 Å². The van der Waals surface area contributed by atoms with Gasteiger partial charge in [-0.05, 0) is 30.3 Å². The summed E-state index contributed by atoms with van der Waals surface area (Å²) in [4.78, 5) is 10.2. The largest absolute Gasteiger partial charge is 0.872 e. The van der Waals surface area contributed by atoms with Gasteiger partial charge in [-0.15, -0.1) is 0 Å². The molecule has 6 nitrogen and oxygen atoms in total. The van der Waals surface area contributed by atoms with Crippen LogP contribution in [-0.2, 0) is 19.5 Å². The Labute approximate surface area is 147 Å². The zero-order valence-electron chi connectivity index (χ0n) is 12.8. The average Bonchev–Trinajstić information content (AvgIpc) is 2.54. The monoisotopic (exact) mass is 369 g/mol. The minimum Gasteiger partial charge on any atom is -0.872 e. The number of carboxylic acid groups (broad SMARTS) is 1. The van der Waals surface area contributed by atoms with Crippen LogP contribution < -0.4 is 14.6 Å². The van der Waals surface area contributed by atoms with Crippen molar-refractivity contribution in [2.75, 3.05) is 20.3 Å². The predicted octanol–water partition coefficient (Wildman–Crippen LogP) is 1.52. The second kappa shape index (κ2) is 11.5. The fourth-order valence-corrected chi connectivity index (χ4v) is 1.48. The molecule has 0 aliphatic carbocycles. The van der Waals surface area contributed by atoms with E-state index in [2.05, 4.69) is 0 Å². The Morgan fingerprint density at radius 1 is 1.09 bits per heavy atom. The maximum Gasteiger partial charge on any atom is 0.335 e. The SMILES string of the molecule is COc1ccc(OCCO)cc1.O=C(O)c1ccccc1[O-].[Zn]. The molecule has 0 fully saturated rings. The molecule has 0 radical (unpaired) electrons. The molecule has 2 rings (SSSR count). The van der Waals surface area contributed by atoms with Crippen molar-refractivity contribution in [2.24, 2.45) is 0 Å². The number of hydrogen-bond donors (Lipinski definition) is 2. The summed E-state index contributed by atoms with van der Waals surface area (Å²) in [6.07, 6.45) is 0. The van der Waals surface area contributed by atoms with Crippen LogP contribution in [-0.4, -0.2) is 36.5 Å². The van der Waals surface area contributed by atoms with Crippen LogP contribution in [0.2, 0.25) is 0 Å². The number of hydrogen-bond acceptors (Lipinski definition) is 5. The van der Waals surface area contributed by atoms with Crippen LogP contribution >= 0.6 is 0 Å². The minimum absolute atomic E-state index is 0. The number of aliphatic hydroxyl groups excluding tert-OH is 1. The van der Waals surface area contributed by atoms with Crippen molar-refractivity contribution < 1.29 is 49.1 Å². The molecule has 0 atom stereocenters. The number of carboxylic acids is 1. The molecule has 0 aliphatic heterocycles. The summed E-state index contributed by atoms with van der Waals surface area (Å²) < 4.78 is 10.1. The van der Waals surface area contributed by atoms with Gasteiger partial charge in [0.15, 0.2) is 0 Å². The number of para-hydroxylation sites is 1. The van der Waals surface area contributed by atoms with E-state index in [4.69, 9.17) is 19.7 Å². The van der Waals surface area contributed by atoms with Crippen molar-refractivity contribution >= 4 is 5.97 Å². The molecule has 2 aromatic rings. The topological polar surface area (TPSA) is 99.0 Å². The van der Waals surface area contributed by atoms with E-state index in [0.717, 1.165) is 11.5 Å². The van der Waals surface area contributed by atoms with Crippen LogP contribution in [0.4, 0.5) is 0 Å². The third kappa shape index (κ3) is 7.63. The molecule has 0 spiro atoms. The fourth-order valence-electron chi connectivity index (χ4n) is 1.48. The third-order valence-electron chi connectivity index (χ3n) is 2.54. The van der Waals surface area contributed by atoms with Crippen molar-refractivity contribution in [3.63, 3.8) is 0 Å². The van der Waals surface area contributed by atoms with E-state index in [1.807, 2.05) is 12.1 Å². The standard InChI is InChI=1S/C9H12O3.C7H6O3.Zn/c1-11-8-2-4-9(5-3-8)12-7-6-10;8-6-4-2-1-3-5(6)7(9)10;/h2-5,10H,6-7H2,1H3;1-4,8H,(H,9,10);/p-1. The van der Waals surface area contributed by atoms with Gasteiger partial charge in [0.2, 0.25) is 0 Å². The fraction of sp³-hybridized carbons (Fsp3) is 0.188. The molecule has 0 unspecified atom stereocenters. The number of aliphatic hydroxyl groups is 1. The maximum absolute atomic E-state index is 10.7. The maximum atomic E-state index is 10.7. The number of aromatic carboxylic acids is 1. The van der Waals surface area contributed by atoms with Crippen molar-refractivity contribution in [3.05, 3.63) is 54.1 Å². The summed E-state index contributed by atoms with van der Waals surface area (Å²) >= 11 is 0. The number of benzene rings is 2. The van der Waals surface area contributed by atoms with Crippen LogP contribution in [0.1, 0.15) is 10.4 Å². The summed E-state index contributed by atoms with van der Waals surface area (Å²) in [5, 5.41) is 27.5. The van der Waals surface area contributed by atoms with Gasteiger partial charge in [0.1, 0.15) is 18.1 Å². The molecule has 0 aromatic heterocycles. The summed E-state index contributed by atoms with van der Waals surface area (Å²) in [6, 6.07) is 12.8. The van der Waals surface area contributed by atoms with Gasteiger partial charge in [0.05, 0.1) is 19.3 Å². The molecule has 0 saturated heterocycles. The zero-order chi connectivity index (χ0) is 16.4. The van der Waals surface area contributed by atoms with Gasteiger partial charge in [-0.1, -0.05) is 23.9 Å². The number of methoxy groups -OCH3 is 1. The normalized spacial score (nSPS) is 8.96. The zero-order valence-corrected chi connectivity index (χ0v) is 15.7. The summed E-state index contributed by atoms with van der Waals surface area (Å²) in [5.74, 6) is -0.0863. The molecular weight excluding hydrogens is 354 g/mol. The van der Waals surface area contributed by atoms with Crippen molar-refractivity contribution in [1.82, 2.24) is 0 Å². The molecule has 0 heterocycles. The van der Waals surface area contributed by atoms with E-state index < -0.39 is 11.7 Å². The van der Waals surface area contributed by atoms with Gasteiger partial charge >= 0.3 is 5.97 Å². The summed E-state index contributed by atoms with van der Waals surface area (Å²) in [6.45, 7) is 0.359. The molecule has 0 aliphatic rings. The van der Waals surface area contributed by atoms with E-state index in [0.29, 0.717) is 6.61 Å². The Balaban J connectivity index is 0.000000409. The van der Waals surface area contributed by atoms with Crippen LogP contribution in [0.25, 0.3) is 0 Å². The quantitative estimate of drug-likeness (QED) is 0.774. The Bertz CT molecular complexity index is 585. The van der Waals surface area contributed by atoms with Gasteiger partial charge in [-0.25, -0.2) is 4.79 Å². The second-order valence-corrected chi connectivity index (χ2v) is 4.05. The Morgan fingerprint density at radius 3 is 2.09 bits per heavy atom. The van der Waals surface area contributed by atoms with E-state index in [1.165, 1.54) is 24.3 Å². The van der Waals surface area contributed by atoms with Gasteiger partial charge in [0, 0.05) is 19.5 Å². The van der Waals surface area contributed by atoms with E-state index in [1.54, 1.807) is 19.2 Å². The average molecular weight is 371 g/mol. The molecule has 120 valence electrons. The Hall–Kier alpha value is -2.11. The van der Waals surface area contributed by atoms with Crippen molar-refractivity contribution in [1.29, 1.82) is 0 Å². The summed E-state index contributed by atoms with van der Waals surface area (Å²) in [7, 11) is 1.61. The van der Waals surface area contributed by atoms with Crippen LogP contribution in [0.5, 0.6) is 17.2 Å². The molecular formula is C16H17O6Zn-. The molecule has 7 heteroatoms. The van der Waals surface area contributed by atoms with Crippen LogP contribution in [0.15, 0.2) is 48.5 Å². The Kier molecular flexibility index (Phi) is 10.4. The molecule has 23 heavy (non-hydrogen) atoms. The van der Waals surface area contributed by atoms with Gasteiger partial charge in [-0.2, -0.15) is 0 Å². The molecule has 0 saturated carbocycles. The number of carbonyl (C=O) groups is 1. The van der Waals surface area contributed by atoms with Gasteiger partial charge in [0.25, 0.3) is 0 Å². The molecule has 2 aromatic carbocycles. The van der Waals surface area contributed by atoms with Crippen LogP contribution in [0.3, 0.4) is 0 Å². The smallest absolute Gasteiger partial charge is 0.335 e. The third-order valence-corrected chi connectivity index (χ3v) is 2.54. The molecule has 0 amide bonds. The first kappa shape index (κ1) is 20.9. The van der Waals surface area contributed by atoms with Gasteiger partial charge < -0.3 is 24.8 Å². The first-order valence-electron chi connectivity index (χ1n) is 6.45. The minimum atomic E-state index is -1.18.